The van der Waals surface area contributed by atoms with E-state index in [-0.39, 0.29) is 24.4 Å². The van der Waals surface area contributed by atoms with Gasteiger partial charge < -0.3 is 15.0 Å². The van der Waals surface area contributed by atoms with Crippen LogP contribution in [0.3, 0.4) is 0 Å². The Hall–Kier alpha value is -1.26. The van der Waals surface area contributed by atoms with E-state index < -0.39 is 0 Å². The third-order valence-corrected chi connectivity index (χ3v) is 4.13. The van der Waals surface area contributed by atoms with Gasteiger partial charge in [0.05, 0.1) is 13.2 Å². The van der Waals surface area contributed by atoms with Gasteiger partial charge in [0.15, 0.2) is 0 Å². The van der Waals surface area contributed by atoms with E-state index in [4.69, 9.17) is 4.74 Å². The van der Waals surface area contributed by atoms with Crippen LogP contribution in [0.1, 0.15) is 36.0 Å². The fourth-order valence-electron chi connectivity index (χ4n) is 3.13. The first-order valence-electron chi connectivity index (χ1n) is 7.65. The zero-order valence-corrected chi connectivity index (χ0v) is 14.8. The summed E-state index contributed by atoms with van der Waals surface area (Å²) < 4.78 is 5.39. The van der Waals surface area contributed by atoms with Gasteiger partial charge in [0.2, 0.25) is 5.91 Å². The van der Waals surface area contributed by atoms with Gasteiger partial charge in [-0.15, -0.1) is 12.4 Å². The van der Waals surface area contributed by atoms with Crippen molar-refractivity contribution in [2.24, 2.45) is 0 Å². The quantitative estimate of drug-likeness (QED) is 0.925. The number of carbonyl (C=O) groups is 1. The Morgan fingerprint density at radius 3 is 2.45 bits per heavy atom. The molecule has 0 bridgehead atoms. The van der Waals surface area contributed by atoms with Crippen molar-refractivity contribution in [3.8, 4) is 5.75 Å². The van der Waals surface area contributed by atoms with E-state index in [0.717, 1.165) is 41.8 Å². The van der Waals surface area contributed by atoms with Crippen molar-refractivity contribution < 1.29 is 9.53 Å². The smallest absolute Gasteiger partial charge is 0.239 e. The minimum atomic E-state index is -0.0100. The number of ether oxygens (including phenoxy) is 1. The number of piperidine rings is 1. The molecular weight excluding hydrogens is 300 g/mol. The Labute approximate surface area is 139 Å². The van der Waals surface area contributed by atoms with E-state index in [9.17, 15) is 4.79 Å². The number of halogens is 1. The normalized spacial score (nSPS) is 17.5. The lowest BCUT2D eigenvalue weighted by atomic mass is 10.0. The molecule has 1 saturated heterocycles. The van der Waals surface area contributed by atoms with Gasteiger partial charge >= 0.3 is 0 Å². The second-order valence-corrected chi connectivity index (χ2v) is 5.96. The Bertz CT molecular complexity index is 490. The summed E-state index contributed by atoms with van der Waals surface area (Å²) in [7, 11) is 3.58. The van der Waals surface area contributed by atoms with Gasteiger partial charge in [0.1, 0.15) is 5.75 Å². The lowest BCUT2D eigenvalue weighted by Crippen LogP contribution is -2.47. The molecule has 1 aromatic carbocycles. The number of carbonyl (C=O) groups excluding carboxylic acids is 1. The highest BCUT2D eigenvalue weighted by Gasteiger charge is 2.23. The fourth-order valence-corrected chi connectivity index (χ4v) is 3.13. The zero-order valence-electron chi connectivity index (χ0n) is 13.9. The predicted octanol–water partition coefficient (Wildman–Crippen LogP) is 2.83. The van der Waals surface area contributed by atoms with E-state index in [2.05, 4.69) is 17.4 Å². The molecule has 0 spiro atoms. The first kappa shape index (κ1) is 18.8. The number of nitrogens with one attached hydrogen (secondary N) is 1. The molecule has 1 amide bonds. The van der Waals surface area contributed by atoms with Crippen molar-refractivity contribution in [2.75, 3.05) is 20.7 Å². The summed E-state index contributed by atoms with van der Waals surface area (Å²) in [5.41, 5.74) is 3.38. The van der Waals surface area contributed by atoms with Crippen LogP contribution in [0.15, 0.2) is 12.1 Å². The lowest BCUT2D eigenvalue weighted by molar-refractivity contribution is -0.133. The monoisotopic (exact) mass is 326 g/mol. The Kier molecular flexibility index (Phi) is 7.17. The number of aryl methyl sites for hydroxylation is 2. The Morgan fingerprint density at radius 1 is 1.32 bits per heavy atom. The number of hydrogen-bond donors (Lipinski definition) is 1. The molecule has 1 aromatic rings. The summed E-state index contributed by atoms with van der Waals surface area (Å²) in [4.78, 5) is 14.3. The lowest BCUT2D eigenvalue weighted by Gasteiger charge is -2.27. The second kappa shape index (κ2) is 8.39. The van der Waals surface area contributed by atoms with Crippen molar-refractivity contribution in [1.29, 1.82) is 0 Å². The number of methoxy groups -OCH3 is 1. The molecule has 1 atom stereocenters. The van der Waals surface area contributed by atoms with Gasteiger partial charge in [0.25, 0.3) is 0 Å². The van der Waals surface area contributed by atoms with Crippen LogP contribution in [0, 0.1) is 13.8 Å². The van der Waals surface area contributed by atoms with Gasteiger partial charge in [-0.2, -0.15) is 0 Å². The fraction of sp³-hybridized carbons (Fsp3) is 0.588. The molecule has 4 nitrogen and oxygen atoms in total. The van der Waals surface area contributed by atoms with Crippen LogP contribution in [0.5, 0.6) is 5.75 Å². The molecule has 1 fully saturated rings. The van der Waals surface area contributed by atoms with Crippen LogP contribution in [-0.2, 0) is 11.3 Å². The average Bonchev–Trinajstić information content (AvgIpc) is 2.47. The zero-order chi connectivity index (χ0) is 15.4. The molecule has 1 N–H and O–H groups in total. The maximum absolute atomic E-state index is 12.4. The number of amides is 1. The van der Waals surface area contributed by atoms with Crippen molar-refractivity contribution in [1.82, 2.24) is 10.2 Å². The number of hydrogen-bond acceptors (Lipinski definition) is 3. The van der Waals surface area contributed by atoms with Crippen LogP contribution >= 0.6 is 12.4 Å². The summed E-state index contributed by atoms with van der Waals surface area (Å²) >= 11 is 0. The third-order valence-electron chi connectivity index (χ3n) is 4.13. The highest BCUT2D eigenvalue weighted by atomic mass is 35.5. The number of nitrogens with zero attached hydrogens (tertiary/aromatic N) is 1. The first-order chi connectivity index (χ1) is 10.0. The molecule has 0 saturated carbocycles. The van der Waals surface area contributed by atoms with Crippen LogP contribution in [0.2, 0.25) is 0 Å². The van der Waals surface area contributed by atoms with Crippen molar-refractivity contribution in [3.63, 3.8) is 0 Å². The highest BCUT2D eigenvalue weighted by Crippen LogP contribution is 2.25. The molecule has 2 rings (SSSR count). The molecule has 1 unspecified atom stereocenters. The average molecular weight is 327 g/mol. The van der Waals surface area contributed by atoms with E-state index in [1.165, 1.54) is 6.42 Å². The maximum atomic E-state index is 12.4. The number of benzene rings is 1. The molecule has 22 heavy (non-hydrogen) atoms. The minimum absolute atomic E-state index is 0. The van der Waals surface area contributed by atoms with Crippen LogP contribution in [0.25, 0.3) is 0 Å². The molecule has 124 valence electrons. The summed E-state index contributed by atoms with van der Waals surface area (Å²) in [6.45, 7) is 5.67. The molecule has 0 radical (unpaired) electrons. The van der Waals surface area contributed by atoms with Gasteiger partial charge in [-0.05, 0) is 49.9 Å². The van der Waals surface area contributed by atoms with Crippen LogP contribution in [-0.4, -0.2) is 37.6 Å². The minimum Gasteiger partial charge on any atom is -0.496 e. The molecule has 1 heterocycles. The van der Waals surface area contributed by atoms with E-state index in [1.54, 1.807) is 7.11 Å². The summed E-state index contributed by atoms with van der Waals surface area (Å²) in [6.07, 6.45) is 3.26. The molecule has 1 aliphatic heterocycles. The number of rotatable bonds is 4. The van der Waals surface area contributed by atoms with Gasteiger partial charge in [0, 0.05) is 13.6 Å². The molecular formula is C17H27ClN2O2. The van der Waals surface area contributed by atoms with Crippen LogP contribution < -0.4 is 10.1 Å². The molecule has 0 aliphatic carbocycles. The van der Waals surface area contributed by atoms with E-state index >= 15 is 0 Å². The largest absolute Gasteiger partial charge is 0.496 e. The van der Waals surface area contributed by atoms with Crippen LogP contribution in [0.4, 0.5) is 0 Å². The summed E-state index contributed by atoms with van der Waals surface area (Å²) in [5, 5.41) is 3.32. The topological polar surface area (TPSA) is 41.6 Å². The van der Waals surface area contributed by atoms with Crippen molar-refractivity contribution in [2.45, 2.75) is 45.7 Å². The molecule has 5 heteroatoms. The van der Waals surface area contributed by atoms with Crippen molar-refractivity contribution >= 4 is 18.3 Å². The maximum Gasteiger partial charge on any atom is 0.239 e. The molecule has 1 aliphatic rings. The number of likely N-dealkylation sites (N-methyl/N-ethyl adjacent to an activating group) is 1. The van der Waals surface area contributed by atoms with E-state index in [1.807, 2.05) is 25.8 Å². The SMILES string of the molecule is COc1c(C)cc(CN(C)C(=O)C2CCCCN2)cc1C.Cl. The standard InChI is InChI=1S/C17H26N2O2.ClH/c1-12-9-14(10-13(2)16(12)21-4)11-19(3)17(20)15-7-5-6-8-18-15;/h9-10,15,18H,5-8,11H2,1-4H3;1H. The summed E-state index contributed by atoms with van der Waals surface area (Å²) in [6, 6.07) is 4.19. The Balaban J connectivity index is 0.00000242. The van der Waals surface area contributed by atoms with E-state index in [0.29, 0.717) is 6.54 Å². The second-order valence-electron chi connectivity index (χ2n) is 5.96. The third kappa shape index (κ3) is 4.37. The Morgan fingerprint density at radius 2 is 1.95 bits per heavy atom. The first-order valence-corrected chi connectivity index (χ1v) is 7.65. The highest BCUT2D eigenvalue weighted by molar-refractivity contribution is 5.85. The molecule has 0 aromatic heterocycles. The van der Waals surface area contributed by atoms with Crippen molar-refractivity contribution in [3.05, 3.63) is 28.8 Å². The summed E-state index contributed by atoms with van der Waals surface area (Å²) in [5.74, 6) is 1.13. The van der Waals surface area contributed by atoms with Gasteiger partial charge in [-0.3, -0.25) is 4.79 Å². The van der Waals surface area contributed by atoms with Gasteiger partial charge in [-0.25, -0.2) is 0 Å². The predicted molar refractivity (Wildman–Crippen MR) is 91.8 cm³/mol. The van der Waals surface area contributed by atoms with Gasteiger partial charge in [-0.1, -0.05) is 18.6 Å².